The molecule has 26 heavy (non-hydrogen) atoms. The van der Waals surface area contributed by atoms with E-state index >= 15 is 0 Å². The van der Waals surface area contributed by atoms with Crippen LogP contribution in [0.1, 0.15) is 11.7 Å². The van der Waals surface area contributed by atoms with Crippen molar-refractivity contribution in [2.75, 3.05) is 11.9 Å². The number of halogens is 2. The molecule has 0 unspecified atom stereocenters. The monoisotopic (exact) mass is 392 g/mol. The number of rotatable bonds is 4. The molecule has 0 saturated carbocycles. The molecule has 3 aromatic rings. The zero-order valence-corrected chi connectivity index (χ0v) is 14.9. The smallest absolute Gasteiger partial charge is 0.313 e. The Balaban J connectivity index is 1.59. The second-order valence-electron chi connectivity index (χ2n) is 5.50. The zero-order valence-electron chi connectivity index (χ0n) is 13.3. The number of carbonyl (C=O) groups is 2. The number of hydrogen-bond acceptors (Lipinski definition) is 4. The van der Waals surface area contributed by atoms with Gasteiger partial charge in [0.25, 0.3) is 0 Å². The van der Waals surface area contributed by atoms with Gasteiger partial charge in [0.2, 0.25) is 0 Å². The lowest BCUT2D eigenvalue weighted by atomic mass is 10.1. The van der Waals surface area contributed by atoms with Gasteiger partial charge in [0, 0.05) is 22.5 Å². The van der Waals surface area contributed by atoms with Gasteiger partial charge in [-0.25, -0.2) is 4.39 Å². The van der Waals surface area contributed by atoms with Crippen molar-refractivity contribution in [3.05, 3.63) is 64.2 Å². The number of benzene rings is 2. The van der Waals surface area contributed by atoms with Crippen molar-refractivity contribution in [2.45, 2.75) is 6.10 Å². The maximum absolute atomic E-state index is 13.1. The van der Waals surface area contributed by atoms with Crippen molar-refractivity contribution in [1.82, 2.24) is 5.32 Å². The highest BCUT2D eigenvalue weighted by atomic mass is 35.5. The normalized spacial score (nSPS) is 12.0. The predicted octanol–water partition coefficient (Wildman–Crippen LogP) is 3.48. The van der Waals surface area contributed by atoms with Gasteiger partial charge in [0.15, 0.2) is 0 Å². The van der Waals surface area contributed by atoms with E-state index in [4.69, 9.17) is 11.6 Å². The third-order valence-corrected chi connectivity index (χ3v) is 4.98. The van der Waals surface area contributed by atoms with Crippen LogP contribution in [0.4, 0.5) is 10.1 Å². The second-order valence-corrected chi connectivity index (χ2v) is 6.81. The number of aliphatic hydroxyl groups is 1. The molecule has 1 aromatic heterocycles. The van der Waals surface area contributed by atoms with E-state index < -0.39 is 23.7 Å². The molecular weight excluding hydrogens is 379 g/mol. The van der Waals surface area contributed by atoms with Crippen LogP contribution >= 0.6 is 22.9 Å². The van der Waals surface area contributed by atoms with Crippen molar-refractivity contribution in [2.24, 2.45) is 0 Å². The molecule has 3 N–H and O–H groups in total. The lowest BCUT2D eigenvalue weighted by Crippen LogP contribution is -2.37. The zero-order chi connectivity index (χ0) is 18.7. The van der Waals surface area contributed by atoms with Crippen LogP contribution in [0.25, 0.3) is 10.1 Å². The summed E-state index contributed by atoms with van der Waals surface area (Å²) < 4.78 is 14.1. The third kappa shape index (κ3) is 4.01. The molecule has 2 aromatic carbocycles. The number of hydrogen-bond donors (Lipinski definition) is 3. The van der Waals surface area contributed by atoms with Crippen LogP contribution in [0.15, 0.2) is 47.8 Å². The minimum Gasteiger partial charge on any atom is -0.387 e. The Labute approximate surface area is 157 Å². The van der Waals surface area contributed by atoms with Gasteiger partial charge in [-0.1, -0.05) is 29.8 Å². The van der Waals surface area contributed by atoms with Gasteiger partial charge < -0.3 is 15.7 Å². The molecule has 0 aliphatic rings. The quantitative estimate of drug-likeness (QED) is 0.595. The summed E-state index contributed by atoms with van der Waals surface area (Å²) >= 11 is 7.12. The van der Waals surface area contributed by atoms with E-state index in [1.165, 1.54) is 23.5 Å². The molecule has 1 heterocycles. The number of thiophene rings is 1. The van der Waals surface area contributed by atoms with Crippen molar-refractivity contribution in [3.63, 3.8) is 0 Å². The van der Waals surface area contributed by atoms with Crippen molar-refractivity contribution >= 4 is 50.5 Å². The number of nitrogens with one attached hydrogen (secondary N) is 2. The Morgan fingerprint density at radius 3 is 2.73 bits per heavy atom. The fourth-order valence-corrected chi connectivity index (χ4v) is 3.59. The summed E-state index contributed by atoms with van der Waals surface area (Å²) in [5, 5.41) is 17.6. The van der Waals surface area contributed by atoms with E-state index in [9.17, 15) is 19.1 Å². The van der Waals surface area contributed by atoms with E-state index in [1.54, 1.807) is 0 Å². The average molecular weight is 393 g/mol. The molecule has 5 nitrogen and oxygen atoms in total. The van der Waals surface area contributed by atoms with Crippen LogP contribution in [0, 0.1) is 5.82 Å². The van der Waals surface area contributed by atoms with Gasteiger partial charge in [-0.05, 0) is 35.0 Å². The molecule has 0 spiro atoms. The summed E-state index contributed by atoms with van der Waals surface area (Å²) in [5.41, 5.74) is 0.887. The highest BCUT2D eigenvalue weighted by molar-refractivity contribution is 7.17. The maximum Gasteiger partial charge on any atom is 0.313 e. The van der Waals surface area contributed by atoms with Crippen LogP contribution in [0.3, 0.4) is 0 Å². The van der Waals surface area contributed by atoms with Crippen molar-refractivity contribution in [3.8, 4) is 0 Å². The minimum absolute atomic E-state index is 0.114. The Bertz CT molecular complexity index is 976. The van der Waals surface area contributed by atoms with Gasteiger partial charge in [-0.3, -0.25) is 9.59 Å². The Kier molecular flexibility index (Phi) is 5.51. The Hall–Kier alpha value is -2.48. The summed E-state index contributed by atoms with van der Waals surface area (Å²) in [6.07, 6.45) is -0.942. The molecular formula is C18H14ClFN2O3S. The summed E-state index contributed by atoms with van der Waals surface area (Å²) in [5.74, 6) is -2.47. The second kappa shape index (κ2) is 7.82. The van der Waals surface area contributed by atoms with Gasteiger partial charge in [0.1, 0.15) is 5.82 Å². The summed E-state index contributed by atoms with van der Waals surface area (Å²) in [4.78, 5) is 23.8. The molecule has 0 aliphatic heterocycles. The molecule has 0 fully saturated rings. The van der Waals surface area contributed by atoms with Crippen LogP contribution in [-0.2, 0) is 9.59 Å². The van der Waals surface area contributed by atoms with Gasteiger partial charge in [-0.15, -0.1) is 11.3 Å². The van der Waals surface area contributed by atoms with Crippen LogP contribution in [0.5, 0.6) is 0 Å². The van der Waals surface area contributed by atoms with Gasteiger partial charge in [-0.2, -0.15) is 0 Å². The Morgan fingerprint density at radius 1 is 1.19 bits per heavy atom. The first kappa shape index (κ1) is 18.3. The largest absolute Gasteiger partial charge is 0.387 e. The molecule has 0 saturated heterocycles. The van der Waals surface area contributed by atoms with Crippen LogP contribution in [-0.4, -0.2) is 23.5 Å². The van der Waals surface area contributed by atoms with Crippen LogP contribution < -0.4 is 10.6 Å². The maximum atomic E-state index is 13.1. The molecule has 2 amide bonds. The standard InChI is InChI=1S/C18H14ClFN2O3S/c19-13-7-10(5-6-14(13)20)22-18(25)17(24)21-8-15(23)12-9-26-16-4-2-1-3-11(12)16/h1-7,9,15,23H,8H2,(H,21,24)(H,22,25)/t15-/m0/s1. The molecule has 0 bridgehead atoms. The van der Waals surface area contributed by atoms with E-state index in [1.807, 2.05) is 29.6 Å². The fourth-order valence-electron chi connectivity index (χ4n) is 2.40. The number of fused-ring (bicyclic) bond motifs is 1. The third-order valence-electron chi connectivity index (χ3n) is 3.71. The molecule has 3 rings (SSSR count). The Morgan fingerprint density at radius 2 is 1.96 bits per heavy atom. The molecule has 134 valence electrons. The highest BCUT2D eigenvalue weighted by Crippen LogP contribution is 2.29. The highest BCUT2D eigenvalue weighted by Gasteiger charge is 2.18. The molecule has 0 aliphatic carbocycles. The van der Waals surface area contributed by atoms with E-state index in [0.717, 1.165) is 16.2 Å². The van der Waals surface area contributed by atoms with Gasteiger partial charge in [0.05, 0.1) is 11.1 Å². The first-order chi connectivity index (χ1) is 12.5. The SMILES string of the molecule is O=C(NC[C@H](O)c1csc2ccccc12)C(=O)Nc1ccc(F)c(Cl)c1. The van der Waals surface area contributed by atoms with E-state index in [2.05, 4.69) is 10.6 Å². The predicted molar refractivity (Wildman–Crippen MR) is 99.8 cm³/mol. The molecule has 0 radical (unpaired) electrons. The number of carbonyl (C=O) groups excluding carboxylic acids is 2. The topological polar surface area (TPSA) is 78.4 Å². The summed E-state index contributed by atoms with van der Waals surface area (Å²) in [6.45, 7) is -0.114. The minimum atomic E-state index is -0.942. The number of anilines is 1. The lowest BCUT2D eigenvalue weighted by molar-refractivity contribution is -0.136. The average Bonchev–Trinajstić information content (AvgIpc) is 3.06. The van der Waals surface area contributed by atoms with Crippen molar-refractivity contribution in [1.29, 1.82) is 0 Å². The van der Waals surface area contributed by atoms with Crippen LogP contribution in [0.2, 0.25) is 5.02 Å². The van der Waals surface area contributed by atoms with Gasteiger partial charge >= 0.3 is 11.8 Å². The lowest BCUT2D eigenvalue weighted by Gasteiger charge is -2.12. The van der Waals surface area contributed by atoms with Crippen molar-refractivity contribution < 1.29 is 19.1 Å². The number of amides is 2. The first-order valence-corrected chi connectivity index (χ1v) is 8.90. The fraction of sp³-hybridized carbons (Fsp3) is 0.111. The number of aliphatic hydroxyl groups excluding tert-OH is 1. The first-order valence-electron chi connectivity index (χ1n) is 7.64. The summed E-state index contributed by atoms with van der Waals surface area (Å²) in [7, 11) is 0. The van der Waals surface area contributed by atoms with E-state index in [-0.39, 0.29) is 17.3 Å². The van der Waals surface area contributed by atoms with E-state index in [0.29, 0.717) is 5.56 Å². The summed E-state index contributed by atoms with van der Waals surface area (Å²) in [6, 6.07) is 11.2. The molecule has 8 heteroatoms. The molecule has 1 atom stereocenters.